The van der Waals surface area contributed by atoms with Gasteiger partial charge < -0.3 is 0 Å². The van der Waals surface area contributed by atoms with Gasteiger partial charge in [-0.2, -0.15) is 5.10 Å². The Bertz CT molecular complexity index is 710. The highest BCUT2D eigenvalue weighted by Crippen LogP contribution is 2.24. The molecule has 3 aromatic heterocycles. The Morgan fingerprint density at radius 2 is 2.11 bits per heavy atom. The maximum absolute atomic E-state index is 13.3. The molecule has 6 nitrogen and oxygen atoms in total. The van der Waals surface area contributed by atoms with Crippen molar-refractivity contribution in [3.05, 3.63) is 60.2 Å². The monoisotopic (exact) mass is 258 g/mol. The number of nitrogens with one attached hydrogen (secondary N) is 1. The molecule has 0 aliphatic heterocycles. The molecular formula is C12H11FN6. The summed E-state index contributed by atoms with van der Waals surface area (Å²) in [5, 5.41) is 4.20. The Labute approximate surface area is 108 Å². The minimum Gasteiger partial charge on any atom is -0.271 e. The lowest BCUT2D eigenvalue weighted by Gasteiger charge is -2.14. The van der Waals surface area contributed by atoms with Gasteiger partial charge in [0, 0.05) is 24.2 Å². The van der Waals surface area contributed by atoms with Crippen molar-refractivity contribution in [2.75, 3.05) is 0 Å². The van der Waals surface area contributed by atoms with Crippen LogP contribution >= 0.6 is 0 Å². The second-order valence-electron chi connectivity index (χ2n) is 4.04. The Morgan fingerprint density at radius 1 is 1.21 bits per heavy atom. The van der Waals surface area contributed by atoms with E-state index in [-0.39, 0.29) is 0 Å². The highest BCUT2D eigenvalue weighted by molar-refractivity contribution is 5.55. The fraction of sp³-hybridized carbons (Fsp3) is 0.0833. The number of hydrogen-bond acceptors (Lipinski definition) is 5. The third-order valence-electron chi connectivity index (χ3n) is 2.89. The quantitative estimate of drug-likeness (QED) is 0.537. The van der Waals surface area contributed by atoms with Crippen LogP contribution in [-0.2, 0) is 0 Å². The molecule has 3 heterocycles. The molecule has 1 atom stereocenters. The molecule has 0 bridgehead atoms. The third kappa shape index (κ3) is 2.05. The average molecular weight is 258 g/mol. The van der Waals surface area contributed by atoms with E-state index in [0.717, 1.165) is 17.3 Å². The van der Waals surface area contributed by atoms with Crippen molar-refractivity contribution in [2.45, 2.75) is 6.04 Å². The van der Waals surface area contributed by atoms with Gasteiger partial charge in [0.25, 0.3) is 0 Å². The Balaban J connectivity index is 2.12. The fourth-order valence-electron chi connectivity index (χ4n) is 2.03. The van der Waals surface area contributed by atoms with Crippen molar-refractivity contribution in [3.63, 3.8) is 0 Å². The van der Waals surface area contributed by atoms with E-state index >= 15 is 0 Å². The van der Waals surface area contributed by atoms with Crippen LogP contribution < -0.4 is 11.3 Å². The minimum atomic E-state index is -0.410. The number of hydrogen-bond donors (Lipinski definition) is 2. The van der Waals surface area contributed by atoms with E-state index in [2.05, 4.69) is 20.5 Å². The number of nitrogens with two attached hydrogens (primary N) is 1. The van der Waals surface area contributed by atoms with E-state index in [9.17, 15) is 4.39 Å². The summed E-state index contributed by atoms with van der Waals surface area (Å²) in [4.78, 5) is 7.88. The molecule has 3 N–H and O–H groups in total. The topological polar surface area (TPSA) is 81.1 Å². The van der Waals surface area contributed by atoms with Crippen molar-refractivity contribution >= 4 is 5.52 Å². The summed E-state index contributed by atoms with van der Waals surface area (Å²) in [5.41, 5.74) is 4.89. The van der Waals surface area contributed by atoms with Crippen molar-refractivity contribution in [1.82, 2.24) is 25.0 Å². The fourth-order valence-corrected chi connectivity index (χ4v) is 2.03. The SMILES string of the molecule is NNC(c1cncc(F)c1)c1cnn2ccncc12. The lowest BCUT2D eigenvalue weighted by Crippen LogP contribution is -2.29. The Hall–Kier alpha value is -2.38. The first-order valence-electron chi connectivity index (χ1n) is 5.63. The minimum absolute atomic E-state index is 0.398. The van der Waals surface area contributed by atoms with Crippen molar-refractivity contribution in [2.24, 2.45) is 5.84 Å². The van der Waals surface area contributed by atoms with Crippen LogP contribution in [0.1, 0.15) is 17.2 Å². The zero-order valence-corrected chi connectivity index (χ0v) is 9.86. The molecule has 0 saturated heterocycles. The van der Waals surface area contributed by atoms with Crippen LogP contribution in [0.15, 0.2) is 43.2 Å². The molecule has 0 aromatic carbocycles. The lowest BCUT2D eigenvalue weighted by atomic mass is 10.0. The smallest absolute Gasteiger partial charge is 0.141 e. The predicted molar refractivity (Wildman–Crippen MR) is 66.3 cm³/mol. The highest BCUT2D eigenvalue weighted by Gasteiger charge is 2.18. The summed E-state index contributed by atoms with van der Waals surface area (Å²) in [6, 6.07) is 0.988. The zero-order chi connectivity index (χ0) is 13.2. The van der Waals surface area contributed by atoms with Crippen LogP contribution in [0.5, 0.6) is 0 Å². The highest BCUT2D eigenvalue weighted by atomic mass is 19.1. The summed E-state index contributed by atoms with van der Waals surface area (Å²) in [7, 11) is 0. The largest absolute Gasteiger partial charge is 0.271 e. The molecule has 0 amide bonds. The van der Waals surface area contributed by atoms with Crippen LogP contribution in [0.2, 0.25) is 0 Å². The van der Waals surface area contributed by atoms with Gasteiger partial charge in [0.05, 0.1) is 30.1 Å². The molecule has 0 radical (unpaired) electrons. The van der Waals surface area contributed by atoms with E-state index in [1.807, 2.05) is 0 Å². The van der Waals surface area contributed by atoms with Gasteiger partial charge in [-0.05, 0) is 11.6 Å². The van der Waals surface area contributed by atoms with Gasteiger partial charge in [0.15, 0.2) is 0 Å². The van der Waals surface area contributed by atoms with Crippen LogP contribution in [0.4, 0.5) is 4.39 Å². The molecule has 96 valence electrons. The van der Waals surface area contributed by atoms with Gasteiger partial charge in [-0.3, -0.25) is 15.8 Å². The first-order valence-corrected chi connectivity index (χ1v) is 5.63. The number of rotatable bonds is 3. The zero-order valence-electron chi connectivity index (χ0n) is 9.86. The summed E-state index contributed by atoms with van der Waals surface area (Å²) in [6.45, 7) is 0. The van der Waals surface area contributed by atoms with Gasteiger partial charge in [-0.1, -0.05) is 0 Å². The maximum atomic E-state index is 13.3. The molecule has 19 heavy (non-hydrogen) atoms. The van der Waals surface area contributed by atoms with E-state index in [1.165, 1.54) is 6.07 Å². The molecule has 0 aliphatic rings. The summed E-state index contributed by atoms with van der Waals surface area (Å²) >= 11 is 0. The van der Waals surface area contributed by atoms with Gasteiger partial charge in [0.2, 0.25) is 0 Å². The summed E-state index contributed by atoms with van der Waals surface area (Å²) in [5.74, 6) is 5.17. The van der Waals surface area contributed by atoms with Crippen LogP contribution in [-0.4, -0.2) is 19.6 Å². The van der Waals surface area contributed by atoms with E-state index in [1.54, 1.807) is 35.5 Å². The molecule has 0 saturated carbocycles. The number of pyridine rings is 1. The average Bonchev–Trinajstić information content (AvgIpc) is 2.84. The molecule has 0 aliphatic carbocycles. The Morgan fingerprint density at radius 3 is 2.89 bits per heavy atom. The molecule has 7 heteroatoms. The lowest BCUT2D eigenvalue weighted by molar-refractivity contribution is 0.599. The van der Waals surface area contributed by atoms with Crippen LogP contribution in [0.25, 0.3) is 5.52 Å². The van der Waals surface area contributed by atoms with E-state index in [4.69, 9.17) is 5.84 Å². The van der Waals surface area contributed by atoms with Crippen LogP contribution in [0.3, 0.4) is 0 Å². The number of aromatic nitrogens is 4. The number of hydrazine groups is 1. The van der Waals surface area contributed by atoms with Gasteiger partial charge in [0.1, 0.15) is 5.82 Å². The van der Waals surface area contributed by atoms with Crippen molar-refractivity contribution in [3.8, 4) is 0 Å². The second-order valence-corrected chi connectivity index (χ2v) is 4.04. The molecule has 1 unspecified atom stereocenters. The van der Waals surface area contributed by atoms with Gasteiger partial charge >= 0.3 is 0 Å². The van der Waals surface area contributed by atoms with Crippen LogP contribution in [0, 0.1) is 5.82 Å². The number of nitrogens with zero attached hydrogens (tertiary/aromatic N) is 4. The predicted octanol–water partition coefficient (Wildman–Crippen LogP) is 0.816. The molecule has 0 fully saturated rings. The van der Waals surface area contributed by atoms with Gasteiger partial charge in [-0.15, -0.1) is 0 Å². The summed E-state index contributed by atoms with van der Waals surface area (Å²) in [6.07, 6.45) is 9.43. The third-order valence-corrected chi connectivity index (χ3v) is 2.89. The normalized spacial score (nSPS) is 12.7. The number of fused-ring (bicyclic) bond motifs is 1. The van der Waals surface area contributed by atoms with Crippen molar-refractivity contribution < 1.29 is 4.39 Å². The van der Waals surface area contributed by atoms with E-state index < -0.39 is 11.9 Å². The Kier molecular flexibility index (Phi) is 2.90. The maximum Gasteiger partial charge on any atom is 0.141 e. The summed E-state index contributed by atoms with van der Waals surface area (Å²) < 4.78 is 14.9. The first-order chi connectivity index (χ1) is 9.29. The molecular weight excluding hydrogens is 247 g/mol. The number of halogens is 1. The van der Waals surface area contributed by atoms with E-state index in [0.29, 0.717) is 5.56 Å². The molecule has 0 spiro atoms. The molecule has 3 rings (SSSR count). The standard InChI is InChI=1S/C12H11FN6/c13-9-3-8(4-16-5-9)12(18-14)10-6-17-19-2-1-15-7-11(10)19/h1-7,12,18H,14H2. The first kappa shape index (κ1) is 11.7. The van der Waals surface area contributed by atoms with Gasteiger partial charge in [-0.25, -0.2) is 14.3 Å². The van der Waals surface area contributed by atoms with Crippen molar-refractivity contribution in [1.29, 1.82) is 0 Å². The second kappa shape index (κ2) is 4.71. The molecule has 3 aromatic rings.